The number of imidazole rings is 1. The molecule has 4 heterocycles. The Labute approximate surface area is 154 Å². The smallest absolute Gasteiger partial charge is 0.181 e. The molecule has 4 aromatic rings. The van der Waals surface area contributed by atoms with Crippen LogP contribution in [0.1, 0.15) is 46.9 Å². The number of halogens is 1. The van der Waals surface area contributed by atoms with Crippen LogP contribution in [0.15, 0.2) is 18.5 Å². The molecule has 1 fully saturated rings. The molecule has 138 valence electrons. The van der Waals surface area contributed by atoms with Crippen LogP contribution in [-0.4, -0.2) is 36.1 Å². The lowest BCUT2D eigenvalue weighted by Gasteiger charge is -2.03. The van der Waals surface area contributed by atoms with Crippen LogP contribution in [0.4, 0.5) is 4.39 Å². The summed E-state index contributed by atoms with van der Waals surface area (Å²) in [5.41, 5.74) is 5.22. The maximum atomic E-state index is 14.1. The second-order valence-corrected chi connectivity index (χ2v) is 7.14. The first-order valence-corrected chi connectivity index (χ1v) is 8.89. The molecule has 0 amide bonds. The second kappa shape index (κ2) is 5.48. The molecule has 2 atom stereocenters. The summed E-state index contributed by atoms with van der Waals surface area (Å²) in [6.45, 7) is 5.87. The van der Waals surface area contributed by atoms with Crippen LogP contribution in [-0.2, 0) is 0 Å². The van der Waals surface area contributed by atoms with E-state index in [9.17, 15) is 4.39 Å². The van der Waals surface area contributed by atoms with Gasteiger partial charge in [0.1, 0.15) is 5.65 Å². The highest BCUT2D eigenvalue weighted by molar-refractivity contribution is 5.51. The quantitative estimate of drug-likeness (QED) is 0.557. The number of fused-ring (bicyclic) bond motifs is 2. The van der Waals surface area contributed by atoms with E-state index in [4.69, 9.17) is 14.7 Å². The van der Waals surface area contributed by atoms with E-state index in [-0.39, 0.29) is 17.6 Å². The van der Waals surface area contributed by atoms with Crippen molar-refractivity contribution in [2.24, 2.45) is 0 Å². The van der Waals surface area contributed by atoms with Crippen molar-refractivity contribution in [2.45, 2.75) is 39.0 Å². The van der Waals surface area contributed by atoms with Gasteiger partial charge in [-0.05, 0) is 27.2 Å². The first kappa shape index (κ1) is 16.2. The van der Waals surface area contributed by atoms with Crippen LogP contribution in [0.2, 0.25) is 0 Å². The Hall–Kier alpha value is -3.03. The van der Waals surface area contributed by atoms with Crippen LogP contribution < -0.4 is 4.74 Å². The van der Waals surface area contributed by atoms with Gasteiger partial charge in [0.15, 0.2) is 23.0 Å². The average molecular weight is 366 g/mol. The molecule has 0 spiro atoms. The van der Waals surface area contributed by atoms with Crippen LogP contribution in [0.3, 0.4) is 0 Å². The van der Waals surface area contributed by atoms with E-state index in [0.717, 1.165) is 40.7 Å². The molecule has 0 aromatic carbocycles. The largest absolute Gasteiger partial charge is 0.493 e. The number of hydrogen-bond donors (Lipinski definition) is 0. The fourth-order valence-corrected chi connectivity index (χ4v) is 3.74. The van der Waals surface area contributed by atoms with Gasteiger partial charge in [-0.1, -0.05) is 0 Å². The van der Waals surface area contributed by atoms with Crippen LogP contribution in [0.25, 0.3) is 11.3 Å². The number of aryl methyl sites for hydroxylation is 3. The fraction of sp³-hybridized carbons (Fsp3) is 0.368. The Morgan fingerprint density at radius 2 is 2.00 bits per heavy atom. The van der Waals surface area contributed by atoms with Gasteiger partial charge in [-0.25, -0.2) is 18.9 Å². The van der Waals surface area contributed by atoms with Gasteiger partial charge in [-0.15, -0.1) is 0 Å². The number of nitrogens with zero attached hydrogens (tertiary/aromatic N) is 6. The highest BCUT2D eigenvalue weighted by atomic mass is 19.1. The number of hydrogen-bond acceptors (Lipinski definition) is 5. The Bertz CT molecular complexity index is 1170. The summed E-state index contributed by atoms with van der Waals surface area (Å²) in [7, 11) is 1.45. The van der Waals surface area contributed by atoms with Crippen molar-refractivity contribution in [3.05, 3.63) is 52.9 Å². The SMILES string of the molecule is COc1cc2nc(C3CC3c3nc4c(C)ncc(C)n4n3)c(C)n2cc1F. The Morgan fingerprint density at radius 1 is 1.19 bits per heavy atom. The summed E-state index contributed by atoms with van der Waals surface area (Å²) < 4.78 is 22.8. The maximum absolute atomic E-state index is 14.1. The summed E-state index contributed by atoms with van der Waals surface area (Å²) in [5.74, 6) is 1.08. The minimum atomic E-state index is -0.398. The molecule has 8 heteroatoms. The normalized spacial score (nSPS) is 19.1. The first-order chi connectivity index (χ1) is 13.0. The molecule has 1 aliphatic carbocycles. The topological polar surface area (TPSA) is 69.6 Å². The summed E-state index contributed by atoms with van der Waals surface area (Å²) in [5, 5.41) is 4.69. The molecular formula is C19H19FN6O. The van der Waals surface area contributed by atoms with Crippen LogP contribution in [0.5, 0.6) is 5.75 Å². The van der Waals surface area contributed by atoms with Crippen molar-refractivity contribution in [2.75, 3.05) is 7.11 Å². The van der Waals surface area contributed by atoms with Gasteiger partial charge < -0.3 is 9.14 Å². The number of methoxy groups -OCH3 is 1. The molecule has 7 nitrogen and oxygen atoms in total. The van der Waals surface area contributed by atoms with E-state index in [1.165, 1.54) is 13.3 Å². The summed E-state index contributed by atoms with van der Waals surface area (Å²) >= 11 is 0. The van der Waals surface area contributed by atoms with E-state index < -0.39 is 5.82 Å². The van der Waals surface area contributed by atoms with Crippen molar-refractivity contribution >= 4 is 11.3 Å². The molecule has 5 rings (SSSR count). The van der Waals surface area contributed by atoms with Gasteiger partial charge in [0.05, 0.1) is 30.4 Å². The first-order valence-electron chi connectivity index (χ1n) is 8.89. The highest BCUT2D eigenvalue weighted by Crippen LogP contribution is 2.54. The Kier molecular flexibility index (Phi) is 3.28. The van der Waals surface area contributed by atoms with Crippen LogP contribution in [0, 0.1) is 26.6 Å². The Balaban J connectivity index is 1.54. The van der Waals surface area contributed by atoms with Crippen molar-refractivity contribution < 1.29 is 9.13 Å². The fourth-order valence-electron chi connectivity index (χ4n) is 3.74. The van der Waals surface area contributed by atoms with Crippen LogP contribution >= 0.6 is 0 Å². The molecule has 0 bridgehead atoms. The third-order valence-corrected chi connectivity index (χ3v) is 5.37. The van der Waals surface area contributed by atoms with Gasteiger partial charge in [-0.3, -0.25) is 4.98 Å². The van der Waals surface area contributed by atoms with Crippen molar-refractivity contribution in [1.29, 1.82) is 0 Å². The highest BCUT2D eigenvalue weighted by Gasteiger charge is 2.45. The molecule has 0 radical (unpaired) electrons. The molecule has 1 saturated carbocycles. The lowest BCUT2D eigenvalue weighted by Crippen LogP contribution is -1.97. The third kappa shape index (κ3) is 2.32. The zero-order valence-electron chi connectivity index (χ0n) is 15.6. The molecular weight excluding hydrogens is 347 g/mol. The average Bonchev–Trinajstić information content (AvgIpc) is 3.20. The zero-order valence-corrected chi connectivity index (χ0v) is 15.6. The number of rotatable bonds is 3. The lowest BCUT2D eigenvalue weighted by atomic mass is 10.2. The summed E-state index contributed by atoms with van der Waals surface area (Å²) in [4.78, 5) is 13.8. The molecule has 0 saturated heterocycles. The van der Waals surface area contributed by atoms with E-state index in [2.05, 4.69) is 10.1 Å². The summed E-state index contributed by atoms with van der Waals surface area (Å²) in [6.07, 6.45) is 4.17. The minimum Gasteiger partial charge on any atom is -0.493 e. The molecule has 0 N–H and O–H groups in total. The van der Waals surface area contributed by atoms with Gasteiger partial charge in [0, 0.05) is 29.8 Å². The van der Waals surface area contributed by atoms with E-state index in [0.29, 0.717) is 5.65 Å². The van der Waals surface area contributed by atoms with Gasteiger partial charge in [-0.2, -0.15) is 5.10 Å². The Morgan fingerprint density at radius 3 is 2.74 bits per heavy atom. The zero-order chi connectivity index (χ0) is 18.9. The number of aromatic nitrogens is 6. The van der Waals surface area contributed by atoms with Crippen molar-refractivity contribution in [1.82, 2.24) is 29.0 Å². The van der Waals surface area contributed by atoms with Gasteiger partial charge in [0.2, 0.25) is 0 Å². The third-order valence-electron chi connectivity index (χ3n) is 5.37. The van der Waals surface area contributed by atoms with E-state index >= 15 is 0 Å². The van der Waals surface area contributed by atoms with Gasteiger partial charge >= 0.3 is 0 Å². The molecule has 2 unspecified atom stereocenters. The standard InChI is InChI=1S/C19H19FN6O/c1-9-7-21-10(2)19-23-18(24-26(9)19)13-5-12(13)17-11(3)25-8-14(20)15(27-4)6-16(25)22-17/h6-8,12-13H,5H2,1-4H3. The maximum Gasteiger partial charge on any atom is 0.181 e. The second-order valence-electron chi connectivity index (χ2n) is 7.14. The lowest BCUT2D eigenvalue weighted by molar-refractivity contribution is 0.385. The van der Waals surface area contributed by atoms with Crippen molar-refractivity contribution in [3.63, 3.8) is 0 Å². The van der Waals surface area contributed by atoms with Gasteiger partial charge in [0.25, 0.3) is 0 Å². The number of ether oxygens (including phenoxy) is 1. The molecule has 4 aromatic heterocycles. The summed E-state index contributed by atoms with van der Waals surface area (Å²) in [6, 6.07) is 1.63. The molecule has 0 aliphatic heterocycles. The van der Waals surface area contributed by atoms with Crippen molar-refractivity contribution in [3.8, 4) is 5.75 Å². The van der Waals surface area contributed by atoms with E-state index in [1.54, 1.807) is 16.7 Å². The minimum absolute atomic E-state index is 0.201. The number of pyridine rings is 1. The van der Waals surface area contributed by atoms with E-state index in [1.807, 2.05) is 25.3 Å². The predicted molar refractivity (Wildman–Crippen MR) is 96.8 cm³/mol. The molecule has 1 aliphatic rings. The molecule has 27 heavy (non-hydrogen) atoms. The monoisotopic (exact) mass is 366 g/mol. The predicted octanol–water partition coefficient (Wildman–Crippen LogP) is 3.12.